The summed E-state index contributed by atoms with van der Waals surface area (Å²) in [5.74, 6) is -1.18. The number of hydrogen-bond donors (Lipinski definition) is 2. The van der Waals surface area contributed by atoms with Crippen LogP contribution >= 0.6 is 0 Å². The van der Waals surface area contributed by atoms with Crippen molar-refractivity contribution in [1.29, 1.82) is 0 Å². The van der Waals surface area contributed by atoms with Gasteiger partial charge in [-0.15, -0.1) is 0 Å². The van der Waals surface area contributed by atoms with Crippen LogP contribution in [0.25, 0.3) is 11.1 Å². The van der Waals surface area contributed by atoms with Gasteiger partial charge in [0.2, 0.25) is 0 Å². The summed E-state index contributed by atoms with van der Waals surface area (Å²) in [5, 5.41) is 12.2. The van der Waals surface area contributed by atoms with Crippen LogP contribution < -0.4 is 10.2 Å². The fourth-order valence-electron chi connectivity index (χ4n) is 4.88. The summed E-state index contributed by atoms with van der Waals surface area (Å²) in [5.41, 5.74) is 6.40. The Kier molecular flexibility index (Phi) is 6.68. The quantitative estimate of drug-likeness (QED) is 0.539. The number of ether oxygens (including phenoxy) is 2. The minimum absolute atomic E-state index is 0.0795. The molecule has 0 saturated carbocycles. The number of carbonyl (C=O) groups is 2. The van der Waals surface area contributed by atoms with E-state index in [2.05, 4.69) is 22.3 Å². The van der Waals surface area contributed by atoms with Gasteiger partial charge in [-0.1, -0.05) is 60.7 Å². The molecule has 0 radical (unpaired) electrons. The molecule has 1 aliphatic heterocycles. The number of nitrogens with zero attached hydrogens (tertiary/aromatic N) is 1. The minimum atomic E-state index is -1.10. The Morgan fingerprint density at radius 1 is 0.943 bits per heavy atom. The van der Waals surface area contributed by atoms with Gasteiger partial charge in [-0.05, 0) is 39.9 Å². The zero-order valence-electron chi connectivity index (χ0n) is 19.4. The first-order chi connectivity index (χ1) is 17.1. The van der Waals surface area contributed by atoms with Crippen LogP contribution in [0.3, 0.4) is 0 Å². The molecule has 1 atom stereocenters. The molecule has 35 heavy (non-hydrogen) atoms. The molecule has 180 valence electrons. The van der Waals surface area contributed by atoms with Gasteiger partial charge >= 0.3 is 12.1 Å². The Morgan fingerprint density at radius 2 is 1.54 bits per heavy atom. The van der Waals surface area contributed by atoms with Crippen molar-refractivity contribution in [3.05, 3.63) is 89.5 Å². The van der Waals surface area contributed by atoms with Crippen LogP contribution in [0.2, 0.25) is 0 Å². The number of rotatable bonds is 7. The number of carboxylic acid groups (broad SMARTS) is 1. The van der Waals surface area contributed by atoms with E-state index >= 15 is 0 Å². The monoisotopic (exact) mass is 472 g/mol. The highest BCUT2D eigenvalue weighted by molar-refractivity contribution is 5.81. The van der Waals surface area contributed by atoms with Crippen LogP contribution in [-0.2, 0) is 20.7 Å². The molecule has 0 aromatic heterocycles. The summed E-state index contributed by atoms with van der Waals surface area (Å²) in [6.45, 7) is 3.21. The number of carboxylic acids is 1. The van der Waals surface area contributed by atoms with Crippen molar-refractivity contribution in [2.45, 2.75) is 18.4 Å². The van der Waals surface area contributed by atoms with Crippen LogP contribution in [0.4, 0.5) is 10.5 Å². The third-order valence-corrected chi connectivity index (χ3v) is 6.69. The third kappa shape index (κ3) is 5.00. The van der Waals surface area contributed by atoms with Crippen molar-refractivity contribution >= 4 is 17.7 Å². The van der Waals surface area contributed by atoms with Gasteiger partial charge < -0.3 is 24.8 Å². The molecular formula is C28H28N2O5. The summed E-state index contributed by atoms with van der Waals surface area (Å²) >= 11 is 0. The number of amides is 1. The second-order valence-electron chi connectivity index (χ2n) is 8.83. The Hall–Kier alpha value is -3.84. The number of hydrogen-bond acceptors (Lipinski definition) is 5. The fraction of sp³-hybridized carbons (Fsp3) is 0.286. The minimum Gasteiger partial charge on any atom is -0.480 e. The molecule has 5 rings (SSSR count). The van der Waals surface area contributed by atoms with Gasteiger partial charge in [0.1, 0.15) is 12.6 Å². The molecule has 0 spiro atoms. The summed E-state index contributed by atoms with van der Waals surface area (Å²) in [6.07, 6.45) is -0.563. The average Bonchev–Trinajstić information content (AvgIpc) is 3.21. The van der Waals surface area contributed by atoms with Gasteiger partial charge in [-0.25, -0.2) is 9.59 Å². The van der Waals surface area contributed by atoms with Gasteiger partial charge in [0.15, 0.2) is 0 Å². The number of nitrogens with one attached hydrogen (secondary N) is 1. The molecule has 1 saturated heterocycles. The molecule has 3 aromatic carbocycles. The number of carbonyl (C=O) groups excluding carboxylic acids is 1. The van der Waals surface area contributed by atoms with Crippen molar-refractivity contribution < 1.29 is 24.2 Å². The van der Waals surface area contributed by atoms with Crippen molar-refractivity contribution in [2.24, 2.45) is 0 Å². The van der Waals surface area contributed by atoms with Gasteiger partial charge in [-0.3, -0.25) is 0 Å². The lowest BCUT2D eigenvalue weighted by molar-refractivity contribution is -0.139. The first-order valence-corrected chi connectivity index (χ1v) is 11.9. The second-order valence-corrected chi connectivity index (χ2v) is 8.83. The summed E-state index contributed by atoms with van der Waals surface area (Å²) in [4.78, 5) is 26.7. The van der Waals surface area contributed by atoms with E-state index in [1.807, 2.05) is 60.7 Å². The first kappa shape index (κ1) is 22.9. The Balaban J connectivity index is 1.20. The SMILES string of the molecule is O=C(NC(Cc1ccc(N2CCOCC2)cc1)C(=O)O)OCC1c2ccccc2-c2ccccc21. The zero-order valence-corrected chi connectivity index (χ0v) is 19.4. The first-order valence-electron chi connectivity index (χ1n) is 11.9. The molecule has 3 aromatic rings. The average molecular weight is 473 g/mol. The lowest BCUT2D eigenvalue weighted by Gasteiger charge is -2.29. The molecule has 1 amide bonds. The van der Waals surface area contributed by atoms with E-state index < -0.39 is 18.1 Å². The topological polar surface area (TPSA) is 88.1 Å². The highest BCUT2D eigenvalue weighted by atomic mass is 16.5. The standard InChI is InChI=1S/C28H28N2O5/c31-27(32)26(17-19-9-11-20(12-10-19)30-13-15-34-16-14-30)29-28(33)35-18-25-23-7-3-1-5-21(23)22-6-2-4-8-24(22)25/h1-12,25-26H,13-18H2,(H,29,33)(H,31,32). The molecule has 1 heterocycles. The highest BCUT2D eigenvalue weighted by Crippen LogP contribution is 2.44. The summed E-state index contributed by atoms with van der Waals surface area (Å²) in [6, 6.07) is 22.8. The van der Waals surface area contributed by atoms with E-state index in [4.69, 9.17) is 9.47 Å². The second kappa shape index (κ2) is 10.2. The highest BCUT2D eigenvalue weighted by Gasteiger charge is 2.29. The molecular weight excluding hydrogens is 444 g/mol. The molecule has 1 aliphatic carbocycles. The fourth-order valence-corrected chi connectivity index (χ4v) is 4.88. The molecule has 2 N–H and O–H groups in total. The molecule has 7 nitrogen and oxygen atoms in total. The van der Waals surface area contributed by atoms with Crippen molar-refractivity contribution in [3.63, 3.8) is 0 Å². The third-order valence-electron chi connectivity index (χ3n) is 6.69. The molecule has 2 aliphatic rings. The van der Waals surface area contributed by atoms with Crippen molar-refractivity contribution in [2.75, 3.05) is 37.8 Å². The van der Waals surface area contributed by atoms with E-state index in [1.54, 1.807) is 0 Å². The van der Waals surface area contributed by atoms with E-state index in [0.29, 0.717) is 13.2 Å². The maximum atomic E-state index is 12.6. The number of benzene rings is 3. The molecule has 1 fully saturated rings. The molecule has 7 heteroatoms. The van der Waals surface area contributed by atoms with E-state index in [9.17, 15) is 14.7 Å². The largest absolute Gasteiger partial charge is 0.480 e. The predicted molar refractivity (Wildman–Crippen MR) is 133 cm³/mol. The maximum Gasteiger partial charge on any atom is 0.407 e. The molecule has 1 unspecified atom stereocenters. The summed E-state index contributed by atoms with van der Waals surface area (Å²) < 4.78 is 10.9. The van der Waals surface area contributed by atoms with Gasteiger partial charge in [0.25, 0.3) is 0 Å². The number of morpholine rings is 1. The summed E-state index contributed by atoms with van der Waals surface area (Å²) in [7, 11) is 0. The van der Waals surface area contributed by atoms with Crippen molar-refractivity contribution in [1.82, 2.24) is 5.32 Å². The predicted octanol–water partition coefficient (Wildman–Crippen LogP) is 4.06. The van der Waals surface area contributed by atoms with E-state index in [1.165, 1.54) is 0 Å². The normalized spacial score (nSPS) is 15.7. The van der Waals surface area contributed by atoms with Crippen molar-refractivity contribution in [3.8, 4) is 11.1 Å². The number of alkyl carbamates (subject to hydrolysis) is 1. The van der Waals surface area contributed by atoms with Crippen LogP contribution in [-0.4, -0.2) is 56.1 Å². The number of fused-ring (bicyclic) bond motifs is 3. The maximum absolute atomic E-state index is 12.6. The van der Waals surface area contributed by atoms with Crippen LogP contribution in [0.5, 0.6) is 0 Å². The van der Waals surface area contributed by atoms with Gasteiger partial charge in [0.05, 0.1) is 13.2 Å². The zero-order chi connectivity index (χ0) is 24.2. The van der Waals surface area contributed by atoms with Gasteiger partial charge in [-0.2, -0.15) is 0 Å². The van der Waals surface area contributed by atoms with Crippen LogP contribution in [0.15, 0.2) is 72.8 Å². The van der Waals surface area contributed by atoms with Gasteiger partial charge in [0, 0.05) is 31.1 Å². The molecule has 0 bridgehead atoms. The Labute approximate surface area is 204 Å². The Bertz CT molecular complexity index is 1160. The van der Waals surface area contributed by atoms with Crippen LogP contribution in [0, 0.1) is 0 Å². The van der Waals surface area contributed by atoms with E-state index in [0.717, 1.165) is 46.6 Å². The van der Waals surface area contributed by atoms with E-state index in [-0.39, 0.29) is 18.9 Å². The lowest BCUT2D eigenvalue weighted by Crippen LogP contribution is -2.43. The lowest BCUT2D eigenvalue weighted by atomic mass is 9.98. The smallest absolute Gasteiger partial charge is 0.407 e. The Morgan fingerprint density at radius 3 is 2.14 bits per heavy atom. The number of anilines is 1. The van der Waals surface area contributed by atoms with Crippen LogP contribution in [0.1, 0.15) is 22.6 Å². The number of aliphatic carboxylic acids is 1.